The van der Waals surface area contributed by atoms with E-state index in [4.69, 9.17) is 27.9 Å². The predicted molar refractivity (Wildman–Crippen MR) is 104 cm³/mol. The van der Waals surface area contributed by atoms with E-state index in [9.17, 15) is 4.79 Å². The van der Waals surface area contributed by atoms with Crippen molar-refractivity contribution in [2.45, 2.75) is 6.10 Å². The molecule has 1 aromatic heterocycles. The van der Waals surface area contributed by atoms with Gasteiger partial charge in [0.25, 0.3) is 0 Å². The molecule has 2 amide bonds. The standard InChI is InChI=1S/C19H17Cl2N3O2/c20-15-4-2-13(9-16(15)21)18-11-24(7-8-26-18)19(25)23-14-3-1-12-5-6-22-17(12)10-14/h1-6,9-10,18,22H,7-8,11H2,(H,23,25). The van der Waals surface area contributed by atoms with E-state index in [1.165, 1.54) is 0 Å². The first kappa shape index (κ1) is 17.2. The molecule has 1 fully saturated rings. The Morgan fingerprint density at radius 2 is 2.04 bits per heavy atom. The molecule has 7 heteroatoms. The zero-order valence-corrected chi connectivity index (χ0v) is 15.3. The van der Waals surface area contributed by atoms with Gasteiger partial charge in [-0.2, -0.15) is 0 Å². The van der Waals surface area contributed by atoms with E-state index in [0.717, 1.165) is 22.2 Å². The number of aromatic amines is 1. The molecule has 0 spiro atoms. The van der Waals surface area contributed by atoms with Gasteiger partial charge < -0.3 is 19.9 Å². The zero-order chi connectivity index (χ0) is 18.1. The summed E-state index contributed by atoms with van der Waals surface area (Å²) in [4.78, 5) is 17.5. The van der Waals surface area contributed by atoms with E-state index in [0.29, 0.717) is 29.7 Å². The quantitative estimate of drug-likeness (QED) is 0.641. The van der Waals surface area contributed by atoms with Gasteiger partial charge in [-0.1, -0.05) is 35.3 Å². The summed E-state index contributed by atoms with van der Waals surface area (Å²) in [6.45, 7) is 1.46. The lowest BCUT2D eigenvalue weighted by Gasteiger charge is -2.33. The fourth-order valence-electron chi connectivity index (χ4n) is 3.08. The lowest BCUT2D eigenvalue weighted by molar-refractivity contribution is -0.0135. The summed E-state index contributed by atoms with van der Waals surface area (Å²) in [7, 11) is 0. The molecule has 0 radical (unpaired) electrons. The highest BCUT2D eigenvalue weighted by Crippen LogP contribution is 2.29. The van der Waals surface area contributed by atoms with Crippen LogP contribution in [0.15, 0.2) is 48.7 Å². The van der Waals surface area contributed by atoms with Crippen LogP contribution in [-0.2, 0) is 4.74 Å². The Balaban J connectivity index is 1.46. The third-order valence-corrected chi connectivity index (χ3v) is 5.21. The van der Waals surface area contributed by atoms with Gasteiger partial charge in [-0.25, -0.2) is 4.79 Å². The van der Waals surface area contributed by atoms with Gasteiger partial charge in [0.05, 0.1) is 23.2 Å². The van der Waals surface area contributed by atoms with Crippen LogP contribution in [0, 0.1) is 0 Å². The Bertz CT molecular complexity index is 957. The third-order valence-electron chi connectivity index (χ3n) is 4.48. The maximum absolute atomic E-state index is 12.6. The fourth-order valence-corrected chi connectivity index (χ4v) is 3.38. The number of benzene rings is 2. The lowest BCUT2D eigenvalue weighted by atomic mass is 10.1. The number of aromatic nitrogens is 1. The molecule has 0 aliphatic carbocycles. The molecule has 1 atom stereocenters. The van der Waals surface area contributed by atoms with Gasteiger partial charge in [-0.15, -0.1) is 0 Å². The van der Waals surface area contributed by atoms with Crippen LogP contribution in [0.3, 0.4) is 0 Å². The van der Waals surface area contributed by atoms with E-state index in [1.807, 2.05) is 36.5 Å². The summed E-state index contributed by atoms with van der Waals surface area (Å²) in [5.41, 5.74) is 2.64. The van der Waals surface area contributed by atoms with Crippen molar-refractivity contribution in [2.75, 3.05) is 25.0 Å². The number of ether oxygens (including phenoxy) is 1. The van der Waals surface area contributed by atoms with Crippen LogP contribution in [0.25, 0.3) is 10.9 Å². The van der Waals surface area contributed by atoms with Crippen molar-refractivity contribution in [3.8, 4) is 0 Å². The maximum Gasteiger partial charge on any atom is 0.322 e. The minimum absolute atomic E-state index is 0.149. The summed E-state index contributed by atoms with van der Waals surface area (Å²) in [6.07, 6.45) is 1.65. The van der Waals surface area contributed by atoms with Gasteiger partial charge >= 0.3 is 6.03 Å². The SMILES string of the molecule is O=C(Nc1ccc2cc[nH]c2c1)N1CCOC(c2ccc(Cl)c(Cl)c2)C1. The minimum Gasteiger partial charge on any atom is -0.370 e. The van der Waals surface area contributed by atoms with E-state index < -0.39 is 0 Å². The molecule has 2 heterocycles. The number of halogens is 2. The van der Waals surface area contributed by atoms with E-state index in [2.05, 4.69) is 10.3 Å². The average Bonchev–Trinajstić information content (AvgIpc) is 3.12. The molecule has 2 aromatic carbocycles. The molecule has 4 rings (SSSR count). The number of hydrogen-bond donors (Lipinski definition) is 2. The van der Waals surface area contributed by atoms with Gasteiger partial charge in [0.15, 0.2) is 0 Å². The number of carbonyl (C=O) groups is 1. The summed E-state index contributed by atoms with van der Waals surface area (Å²) in [6, 6.07) is 13.0. The van der Waals surface area contributed by atoms with Crippen LogP contribution >= 0.6 is 23.2 Å². The van der Waals surface area contributed by atoms with E-state index in [-0.39, 0.29) is 12.1 Å². The smallest absolute Gasteiger partial charge is 0.322 e. The number of carbonyl (C=O) groups excluding carboxylic acids is 1. The van der Waals surface area contributed by atoms with Crippen molar-refractivity contribution in [3.63, 3.8) is 0 Å². The maximum atomic E-state index is 12.6. The number of nitrogens with zero attached hydrogens (tertiary/aromatic N) is 1. The molecule has 134 valence electrons. The molecule has 0 bridgehead atoms. The molecule has 1 aliphatic heterocycles. The van der Waals surface area contributed by atoms with E-state index in [1.54, 1.807) is 17.0 Å². The first-order valence-electron chi connectivity index (χ1n) is 8.30. The highest BCUT2D eigenvalue weighted by Gasteiger charge is 2.26. The summed E-state index contributed by atoms with van der Waals surface area (Å²) in [5.74, 6) is 0. The third kappa shape index (κ3) is 3.51. The summed E-state index contributed by atoms with van der Waals surface area (Å²) < 4.78 is 5.81. The van der Waals surface area contributed by atoms with Crippen LogP contribution < -0.4 is 5.32 Å². The van der Waals surface area contributed by atoms with Crippen LogP contribution in [0.5, 0.6) is 0 Å². The predicted octanol–water partition coefficient (Wildman–Crippen LogP) is 5.08. The number of nitrogens with one attached hydrogen (secondary N) is 2. The fraction of sp³-hybridized carbons (Fsp3) is 0.211. The lowest BCUT2D eigenvalue weighted by Crippen LogP contribution is -2.44. The van der Waals surface area contributed by atoms with Crippen molar-refractivity contribution < 1.29 is 9.53 Å². The number of H-pyrrole nitrogens is 1. The highest BCUT2D eigenvalue weighted by atomic mass is 35.5. The molecule has 2 N–H and O–H groups in total. The van der Waals surface area contributed by atoms with Gasteiger partial charge in [0.2, 0.25) is 0 Å². The number of hydrogen-bond acceptors (Lipinski definition) is 2. The molecule has 1 unspecified atom stereocenters. The van der Waals surface area contributed by atoms with Crippen molar-refractivity contribution in [3.05, 3.63) is 64.3 Å². The van der Waals surface area contributed by atoms with Gasteiger partial charge in [-0.05, 0) is 41.3 Å². The number of urea groups is 1. The van der Waals surface area contributed by atoms with Crippen LogP contribution in [-0.4, -0.2) is 35.6 Å². The first-order chi connectivity index (χ1) is 12.6. The molecule has 0 saturated carbocycles. The second-order valence-electron chi connectivity index (χ2n) is 6.19. The molecular formula is C19H17Cl2N3O2. The minimum atomic E-state index is -0.227. The summed E-state index contributed by atoms with van der Waals surface area (Å²) in [5, 5.41) is 5.04. The Morgan fingerprint density at radius 3 is 2.88 bits per heavy atom. The Morgan fingerprint density at radius 1 is 1.15 bits per heavy atom. The topological polar surface area (TPSA) is 57.4 Å². The van der Waals surface area contributed by atoms with Crippen molar-refractivity contribution in [2.24, 2.45) is 0 Å². The normalized spacial score (nSPS) is 17.5. The van der Waals surface area contributed by atoms with Crippen LogP contribution in [0.1, 0.15) is 11.7 Å². The monoisotopic (exact) mass is 389 g/mol. The van der Waals surface area contributed by atoms with Gasteiger partial charge in [0, 0.05) is 23.9 Å². The second kappa shape index (κ2) is 7.19. The number of amides is 2. The van der Waals surface area contributed by atoms with Crippen molar-refractivity contribution >= 4 is 45.8 Å². The van der Waals surface area contributed by atoms with Gasteiger partial charge in [0.1, 0.15) is 6.10 Å². The molecule has 26 heavy (non-hydrogen) atoms. The number of anilines is 1. The Kier molecular flexibility index (Phi) is 4.76. The first-order valence-corrected chi connectivity index (χ1v) is 9.05. The van der Waals surface area contributed by atoms with E-state index >= 15 is 0 Å². The largest absolute Gasteiger partial charge is 0.370 e. The Hall–Kier alpha value is -2.21. The number of fused-ring (bicyclic) bond motifs is 1. The van der Waals surface area contributed by atoms with Crippen molar-refractivity contribution in [1.82, 2.24) is 9.88 Å². The van der Waals surface area contributed by atoms with Gasteiger partial charge in [-0.3, -0.25) is 0 Å². The number of rotatable bonds is 2. The zero-order valence-electron chi connectivity index (χ0n) is 13.8. The average molecular weight is 390 g/mol. The number of morpholine rings is 1. The second-order valence-corrected chi connectivity index (χ2v) is 7.00. The Labute approximate surface area is 160 Å². The highest BCUT2D eigenvalue weighted by molar-refractivity contribution is 6.42. The van der Waals surface area contributed by atoms with Crippen molar-refractivity contribution in [1.29, 1.82) is 0 Å². The molecule has 5 nitrogen and oxygen atoms in total. The molecule has 1 aliphatic rings. The van der Waals surface area contributed by atoms with Crippen LogP contribution in [0.2, 0.25) is 10.0 Å². The molecule has 1 saturated heterocycles. The summed E-state index contributed by atoms with van der Waals surface area (Å²) >= 11 is 12.1. The van der Waals surface area contributed by atoms with Crippen LogP contribution in [0.4, 0.5) is 10.5 Å². The molecule has 3 aromatic rings. The molecular weight excluding hydrogens is 373 g/mol.